The minimum atomic E-state index is -3.19. The highest BCUT2D eigenvalue weighted by molar-refractivity contribution is 7.91. The summed E-state index contributed by atoms with van der Waals surface area (Å²) in [5, 5.41) is 5.82. The zero-order valence-corrected chi connectivity index (χ0v) is 29.7. The van der Waals surface area contributed by atoms with E-state index in [4.69, 9.17) is 11.5 Å². The van der Waals surface area contributed by atoms with Crippen LogP contribution in [0.4, 0.5) is 4.79 Å². The van der Waals surface area contributed by atoms with Crippen molar-refractivity contribution in [1.82, 2.24) is 20.4 Å². The normalized spacial score (nSPS) is 16.0. The number of carbonyl (C=O) groups is 4. The van der Waals surface area contributed by atoms with Crippen molar-refractivity contribution in [2.45, 2.75) is 71.0 Å². The molecule has 13 heteroatoms. The first-order valence-corrected chi connectivity index (χ1v) is 19.1. The molecule has 0 unspecified atom stereocenters. The lowest BCUT2D eigenvalue weighted by Gasteiger charge is -2.31. The highest BCUT2D eigenvalue weighted by atomic mass is 32.2. The van der Waals surface area contributed by atoms with Crippen LogP contribution in [0.5, 0.6) is 0 Å². The number of ketones is 1. The van der Waals surface area contributed by atoms with Gasteiger partial charge in [-0.25, -0.2) is 13.2 Å². The molecule has 0 radical (unpaired) electrons. The van der Waals surface area contributed by atoms with Crippen molar-refractivity contribution in [3.8, 4) is 0 Å². The minimum Gasteiger partial charge on any atom is -0.344 e. The Morgan fingerprint density at radius 2 is 1.45 bits per heavy atom. The number of Topliss-reactive ketones (excluding diaryl/α,β-unsaturated/α-hetero) is 1. The van der Waals surface area contributed by atoms with Crippen molar-refractivity contribution in [1.29, 1.82) is 0 Å². The molecule has 4 amide bonds. The molecule has 1 fully saturated rings. The van der Waals surface area contributed by atoms with Crippen LogP contribution in [0.25, 0.3) is 0 Å². The van der Waals surface area contributed by atoms with Crippen molar-refractivity contribution in [3.05, 3.63) is 71.8 Å². The number of carbonyl (C=O) groups excluding carboxylic acids is 4. The fourth-order valence-corrected chi connectivity index (χ4v) is 7.15. The molecule has 2 aromatic carbocycles. The molecule has 270 valence electrons. The zero-order chi connectivity index (χ0) is 35.8. The fraction of sp³-hybridized carbons (Fsp3) is 0.556. The summed E-state index contributed by atoms with van der Waals surface area (Å²) in [7, 11) is -3.19. The van der Waals surface area contributed by atoms with E-state index in [9.17, 15) is 27.6 Å². The van der Waals surface area contributed by atoms with Gasteiger partial charge >= 0.3 is 6.03 Å². The van der Waals surface area contributed by atoms with E-state index < -0.39 is 39.8 Å². The second-order valence-corrected chi connectivity index (χ2v) is 15.5. The van der Waals surface area contributed by atoms with Crippen LogP contribution in [0, 0.1) is 11.8 Å². The van der Waals surface area contributed by atoms with Crippen LogP contribution in [0.1, 0.15) is 57.1 Å². The molecule has 0 aliphatic carbocycles. The van der Waals surface area contributed by atoms with Gasteiger partial charge in [-0.3, -0.25) is 14.4 Å². The van der Waals surface area contributed by atoms with Crippen LogP contribution < -0.4 is 22.1 Å². The average Bonchev–Trinajstić information content (AvgIpc) is 3.07. The van der Waals surface area contributed by atoms with Crippen molar-refractivity contribution in [2.75, 3.05) is 44.2 Å². The van der Waals surface area contributed by atoms with Gasteiger partial charge in [0, 0.05) is 51.5 Å². The Balaban J connectivity index is 1.80. The maximum atomic E-state index is 14.0. The SMILES string of the molecule is CC(C)C[C@@H](NC(=O)[C@@H](Cc1ccccc1)NC(=O)N(CCN)Cc1ccccc1)C(=O)C[C@H](CCCCN)C(=O)N1CCS(=O)(=O)CC1. The van der Waals surface area contributed by atoms with Crippen LogP contribution in [0.2, 0.25) is 0 Å². The number of rotatable bonds is 19. The van der Waals surface area contributed by atoms with Gasteiger partial charge in [-0.05, 0) is 42.9 Å². The summed E-state index contributed by atoms with van der Waals surface area (Å²) in [5.41, 5.74) is 13.3. The number of benzene rings is 2. The van der Waals surface area contributed by atoms with Crippen LogP contribution in [-0.2, 0) is 37.2 Å². The van der Waals surface area contributed by atoms with Gasteiger partial charge in [0.2, 0.25) is 11.8 Å². The summed E-state index contributed by atoms with van der Waals surface area (Å²) in [6, 6.07) is 16.5. The zero-order valence-electron chi connectivity index (χ0n) is 28.9. The summed E-state index contributed by atoms with van der Waals surface area (Å²) >= 11 is 0. The second kappa shape index (κ2) is 20.0. The van der Waals surface area contributed by atoms with Gasteiger partial charge in [-0.1, -0.05) is 80.9 Å². The number of nitrogens with one attached hydrogen (secondary N) is 2. The Labute approximate surface area is 291 Å². The minimum absolute atomic E-state index is 0.0426. The van der Waals surface area contributed by atoms with Gasteiger partial charge < -0.3 is 31.9 Å². The molecule has 3 rings (SSSR count). The monoisotopic (exact) mass is 698 g/mol. The van der Waals surface area contributed by atoms with E-state index in [2.05, 4.69) is 10.6 Å². The van der Waals surface area contributed by atoms with Crippen molar-refractivity contribution < 1.29 is 27.6 Å². The number of nitrogens with two attached hydrogens (primary N) is 2. The van der Waals surface area contributed by atoms with E-state index in [0.717, 1.165) is 11.1 Å². The molecule has 12 nitrogen and oxygen atoms in total. The third kappa shape index (κ3) is 13.6. The van der Waals surface area contributed by atoms with Crippen LogP contribution in [0.15, 0.2) is 60.7 Å². The Bertz CT molecular complexity index is 1440. The van der Waals surface area contributed by atoms with E-state index >= 15 is 0 Å². The summed E-state index contributed by atoms with van der Waals surface area (Å²) in [5.74, 6) is -1.85. The lowest BCUT2D eigenvalue weighted by molar-refractivity contribution is -0.138. The van der Waals surface area contributed by atoms with Crippen LogP contribution >= 0.6 is 0 Å². The third-order valence-corrected chi connectivity index (χ3v) is 10.3. The maximum Gasteiger partial charge on any atom is 0.318 e. The molecular weight excluding hydrogens is 644 g/mol. The lowest BCUT2D eigenvalue weighted by Crippen LogP contribution is -2.55. The molecule has 6 N–H and O–H groups in total. The molecule has 1 aliphatic rings. The molecule has 49 heavy (non-hydrogen) atoms. The Morgan fingerprint density at radius 1 is 0.837 bits per heavy atom. The molecule has 2 aromatic rings. The Morgan fingerprint density at radius 3 is 2.02 bits per heavy atom. The summed E-state index contributed by atoms with van der Waals surface area (Å²) < 4.78 is 24.0. The van der Waals surface area contributed by atoms with Gasteiger partial charge in [-0.2, -0.15) is 0 Å². The van der Waals surface area contributed by atoms with Crippen molar-refractivity contribution in [3.63, 3.8) is 0 Å². The fourth-order valence-electron chi connectivity index (χ4n) is 5.95. The molecule has 0 aromatic heterocycles. The lowest BCUT2D eigenvalue weighted by atomic mass is 9.89. The number of nitrogens with zero attached hydrogens (tertiary/aromatic N) is 2. The number of hydrogen-bond donors (Lipinski definition) is 4. The predicted molar refractivity (Wildman–Crippen MR) is 191 cm³/mol. The van der Waals surface area contributed by atoms with Crippen molar-refractivity contribution in [2.24, 2.45) is 23.3 Å². The van der Waals surface area contributed by atoms with E-state index in [1.165, 1.54) is 4.90 Å². The van der Waals surface area contributed by atoms with E-state index in [-0.39, 0.29) is 68.1 Å². The molecule has 1 heterocycles. The predicted octanol–water partition coefficient (Wildman–Crippen LogP) is 2.26. The topological polar surface area (TPSA) is 185 Å². The van der Waals surface area contributed by atoms with E-state index in [1.807, 2.05) is 74.5 Å². The summed E-state index contributed by atoms with van der Waals surface area (Å²) in [6.45, 7) is 5.36. The maximum absolute atomic E-state index is 14.0. The smallest absolute Gasteiger partial charge is 0.318 e. The summed E-state index contributed by atoms with van der Waals surface area (Å²) in [4.78, 5) is 58.2. The van der Waals surface area contributed by atoms with Gasteiger partial charge in [0.05, 0.1) is 17.5 Å². The Hall–Kier alpha value is -3.81. The summed E-state index contributed by atoms with van der Waals surface area (Å²) in [6.07, 6.45) is 2.20. The van der Waals surface area contributed by atoms with E-state index in [1.54, 1.807) is 4.90 Å². The van der Waals surface area contributed by atoms with Crippen molar-refractivity contribution >= 4 is 33.5 Å². The van der Waals surface area contributed by atoms with Gasteiger partial charge in [0.1, 0.15) is 6.04 Å². The average molecular weight is 699 g/mol. The number of hydrogen-bond acceptors (Lipinski definition) is 8. The largest absolute Gasteiger partial charge is 0.344 e. The molecule has 0 bridgehead atoms. The highest BCUT2D eigenvalue weighted by Gasteiger charge is 2.34. The molecule has 1 aliphatic heterocycles. The first-order chi connectivity index (χ1) is 23.4. The van der Waals surface area contributed by atoms with Gasteiger partial charge in [0.25, 0.3) is 0 Å². The first-order valence-electron chi connectivity index (χ1n) is 17.3. The Kier molecular flexibility index (Phi) is 16.2. The molecule has 3 atom stereocenters. The van der Waals surface area contributed by atoms with Gasteiger partial charge in [-0.15, -0.1) is 0 Å². The van der Waals surface area contributed by atoms with Crippen LogP contribution in [-0.4, -0.2) is 98.2 Å². The molecule has 1 saturated heterocycles. The standard InChI is InChI=1S/C36H54N6O6S/c1-27(2)23-31(33(43)25-30(15-9-10-16-37)35(45)41-19-21-49(47,48)22-20-41)39-34(44)32(24-28-11-5-3-6-12-28)40-36(46)42(18-17-38)26-29-13-7-4-8-14-29/h3-8,11-14,27,30-32H,9-10,15-26,37-38H2,1-2H3,(H,39,44)(H,40,46)/t30-,31+,32+/m0/s1. The van der Waals surface area contributed by atoms with Gasteiger partial charge in [0.15, 0.2) is 15.6 Å². The number of amides is 4. The number of unbranched alkanes of at least 4 members (excludes halogenated alkanes) is 1. The molecule has 0 saturated carbocycles. The van der Waals surface area contributed by atoms with Crippen LogP contribution in [0.3, 0.4) is 0 Å². The quantitative estimate of drug-likeness (QED) is 0.161. The third-order valence-electron chi connectivity index (χ3n) is 8.67. The van der Waals surface area contributed by atoms with E-state index in [0.29, 0.717) is 38.8 Å². The number of sulfone groups is 1. The molecular formula is C36H54N6O6S. The molecule has 0 spiro atoms. The highest BCUT2D eigenvalue weighted by Crippen LogP contribution is 2.21. The second-order valence-electron chi connectivity index (χ2n) is 13.2. The number of urea groups is 1. The first kappa shape index (κ1) is 39.6.